The molecule has 0 unspecified atom stereocenters. The highest BCUT2D eigenvalue weighted by Gasteiger charge is 2.14. The van der Waals surface area contributed by atoms with Crippen LogP contribution in [0.1, 0.15) is 12.0 Å². The Hall–Kier alpha value is -1.92. The number of para-hydroxylation sites is 1. The Morgan fingerprint density at radius 1 is 1.33 bits per heavy atom. The molecule has 1 saturated heterocycles. The number of piperazine rings is 1. The summed E-state index contributed by atoms with van der Waals surface area (Å²) in [6.07, 6.45) is 1.88. The van der Waals surface area contributed by atoms with Crippen molar-refractivity contribution >= 4 is 12.1 Å². The molecule has 1 aliphatic rings. The van der Waals surface area contributed by atoms with Crippen LogP contribution in [0.25, 0.3) is 0 Å². The predicted molar refractivity (Wildman–Crippen MR) is 82.4 cm³/mol. The number of phenols is 1. The number of hydrogen-bond donors (Lipinski definition) is 2. The quantitative estimate of drug-likeness (QED) is 0.611. The van der Waals surface area contributed by atoms with E-state index in [1.54, 1.807) is 24.3 Å². The number of aromatic hydroxyl groups is 1. The van der Waals surface area contributed by atoms with Crippen molar-refractivity contribution in [3.05, 3.63) is 29.8 Å². The van der Waals surface area contributed by atoms with Gasteiger partial charge in [0.15, 0.2) is 0 Å². The topological polar surface area (TPSA) is 68.2 Å². The summed E-state index contributed by atoms with van der Waals surface area (Å²) in [7, 11) is 2.11. The molecule has 0 radical (unpaired) electrons. The summed E-state index contributed by atoms with van der Waals surface area (Å²) in [4.78, 5) is 16.3. The number of rotatable bonds is 5. The van der Waals surface area contributed by atoms with E-state index in [1.165, 1.54) is 6.21 Å². The SMILES string of the molecule is CN1CCN(CCC(=O)NN=Cc2ccccc2O)CC1. The fourth-order valence-electron chi connectivity index (χ4n) is 2.16. The van der Waals surface area contributed by atoms with Crippen molar-refractivity contribution < 1.29 is 9.90 Å². The van der Waals surface area contributed by atoms with Gasteiger partial charge in [0.2, 0.25) is 5.91 Å². The van der Waals surface area contributed by atoms with Gasteiger partial charge in [0, 0.05) is 44.7 Å². The highest BCUT2D eigenvalue weighted by Crippen LogP contribution is 2.12. The third-order valence-corrected chi connectivity index (χ3v) is 3.58. The molecule has 1 aliphatic heterocycles. The number of hydrogen-bond acceptors (Lipinski definition) is 5. The van der Waals surface area contributed by atoms with Crippen LogP contribution < -0.4 is 5.43 Å². The minimum atomic E-state index is -0.111. The van der Waals surface area contributed by atoms with Crippen LogP contribution in [-0.4, -0.2) is 66.8 Å². The molecule has 0 aliphatic carbocycles. The molecule has 0 saturated carbocycles. The molecule has 1 aromatic rings. The molecule has 2 rings (SSSR count). The third-order valence-electron chi connectivity index (χ3n) is 3.58. The van der Waals surface area contributed by atoms with Gasteiger partial charge < -0.3 is 14.9 Å². The van der Waals surface area contributed by atoms with Crippen LogP contribution in [0, 0.1) is 0 Å². The zero-order chi connectivity index (χ0) is 15.1. The predicted octanol–water partition coefficient (Wildman–Crippen LogP) is 0.480. The number of benzene rings is 1. The summed E-state index contributed by atoms with van der Waals surface area (Å²) in [6.45, 7) is 4.86. The summed E-state index contributed by atoms with van der Waals surface area (Å²) in [5.74, 6) is 0.0357. The molecule has 6 heteroatoms. The van der Waals surface area contributed by atoms with E-state index >= 15 is 0 Å². The van der Waals surface area contributed by atoms with Gasteiger partial charge in [-0.2, -0.15) is 5.10 Å². The number of nitrogens with one attached hydrogen (secondary N) is 1. The standard InChI is InChI=1S/C15H22N4O2/c1-18-8-10-19(11-9-18)7-6-15(21)17-16-12-13-4-2-3-5-14(13)20/h2-5,12,20H,6-11H2,1H3,(H,17,21). The molecule has 0 atom stereocenters. The van der Waals surface area contributed by atoms with Gasteiger partial charge in [0.05, 0.1) is 6.21 Å². The van der Waals surface area contributed by atoms with Crippen molar-refractivity contribution in [1.29, 1.82) is 0 Å². The van der Waals surface area contributed by atoms with E-state index in [1.807, 2.05) is 0 Å². The van der Waals surface area contributed by atoms with Crippen molar-refractivity contribution in [2.45, 2.75) is 6.42 Å². The summed E-state index contributed by atoms with van der Waals surface area (Å²) >= 11 is 0. The zero-order valence-electron chi connectivity index (χ0n) is 12.3. The van der Waals surface area contributed by atoms with E-state index < -0.39 is 0 Å². The van der Waals surface area contributed by atoms with Gasteiger partial charge >= 0.3 is 0 Å². The Morgan fingerprint density at radius 3 is 2.76 bits per heavy atom. The van der Waals surface area contributed by atoms with Crippen LogP contribution in [0.4, 0.5) is 0 Å². The van der Waals surface area contributed by atoms with Crippen LogP contribution in [0.5, 0.6) is 5.75 Å². The molecular formula is C15H22N4O2. The summed E-state index contributed by atoms with van der Waals surface area (Å²) in [6, 6.07) is 6.85. The van der Waals surface area contributed by atoms with Gasteiger partial charge in [-0.15, -0.1) is 0 Å². The Morgan fingerprint density at radius 2 is 2.05 bits per heavy atom. The van der Waals surface area contributed by atoms with Gasteiger partial charge in [0.25, 0.3) is 0 Å². The van der Waals surface area contributed by atoms with Crippen molar-refractivity contribution in [3.8, 4) is 5.75 Å². The second kappa shape index (κ2) is 7.75. The highest BCUT2D eigenvalue weighted by atomic mass is 16.3. The normalized spacial score (nSPS) is 17.2. The van der Waals surface area contributed by atoms with Crippen molar-refractivity contribution in [2.24, 2.45) is 5.10 Å². The zero-order valence-corrected chi connectivity index (χ0v) is 12.3. The summed E-state index contributed by atoms with van der Waals surface area (Å²) in [5, 5.41) is 13.4. The van der Waals surface area contributed by atoms with Gasteiger partial charge in [0.1, 0.15) is 5.75 Å². The van der Waals surface area contributed by atoms with Crippen LogP contribution in [-0.2, 0) is 4.79 Å². The molecule has 6 nitrogen and oxygen atoms in total. The van der Waals surface area contributed by atoms with E-state index in [-0.39, 0.29) is 11.7 Å². The maximum absolute atomic E-state index is 11.7. The number of hydrazone groups is 1. The lowest BCUT2D eigenvalue weighted by Crippen LogP contribution is -2.45. The van der Waals surface area contributed by atoms with Gasteiger partial charge in [-0.05, 0) is 19.2 Å². The third kappa shape index (κ3) is 5.17. The first-order valence-corrected chi connectivity index (χ1v) is 7.16. The first kappa shape index (κ1) is 15.5. The monoisotopic (exact) mass is 290 g/mol. The smallest absolute Gasteiger partial charge is 0.241 e. The van der Waals surface area contributed by atoms with Gasteiger partial charge in [-0.1, -0.05) is 12.1 Å². The number of carbonyl (C=O) groups is 1. The van der Waals surface area contributed by atoms with E-state index in [0.717, 1.165) is 32.7 Å². The second-order valence-electron chi connectivity index (χ2n) is 5.25. The molecule has 21 heavy (non-hydrogen) atoms. The van der Waals surface area contributed by atoms with E-state index in [2.05, 4.69) is 27.4 Å². The molecule has 0 spiro atoms. The summed E-state index contributed by atoms with van der Waals surface area (Å²) < 4.78 is 0. The van der Waals surface area contributed by atoms with Crippen molar-refractivity contribution in [1.82, 2.24) is 15.2 Å². The lowest BCUT2D eigenvalue weighted by Gasteiger charge is -2.32. The minimum absolute atomic E-state index is 0.111. The van der Waals surface area contributed by atoms with Crippen LogP contribution in [0.2, 0.25) is 0 Å². The molecule has 1 heterocycles. The number of phenolic OH excluding ortho intramolecular Hbond substituents is 1. The Bertz CT molecular complexity index is 496. The molecule has 0 bridgehead atoms. The highest BCUT2D eigenvalue weighted by molar-refractivity contribution is 5.85. The first-order chi connectivity index (χ1) is 10.1. The van der Waals surface area contributed by atoms with Crippen LogP contribution in [0.3, 0.4) is 0 Å². The molecule has 1 amide bonds. The Balaban J connectivity index is 1.69. The minimum Gasteiger partial charge on any atom is -0.507 e. The fourth-order valence-corrected chi connectivity index (χ4v) is 2.16. The van der Waals surface area contributed by atoms with Gasteiger partial charge in [-0.3, -0.25) is 4.79 Å². The summed E-state index contributed by atoms with van der Waals surface area (Å²) in [5.41, 5.74) is 3.07. The number of carbonyl (C=O) groups excluding carboxylic acids is 1. The molecule has 0 aromatic heterocycles. The average molecular weight is 290 g/mol. The van der Waals surface area contributed by atoms with Crippen LogP contribution >= 0.6 is 0 Å². The first-order valence-electron chi connectivity index (χ1n) is 7.16. The molecule has 114 valence electrons. The fraction of sp³-hybridized carbons (Fsp3) is 0.467. The second-order valence-corrected chi connectivity index (χ2v) is 5.25. The van der Waals surface area contributed by atoms with E-state index in [9.17, 15) is 9.90 Å². The average Bonchev–Trinajstić information content (AvgIpc) is 2.49. The number of likely N-dealkylation sites (N-methyl/N-ethyl adjacent to an activating group) is 1. The molecule has 1 fully saturated rings. The number of nitrogens with zero attached hydrogens (tertiary/aromatic N) is 3. The van der Waals surface area contributed by atoms with Crippen molar-refractivity contribution in [2.75, 3.05) is 39.8 Å². The largest absolute Gasteiger partial charge is 0.507 e. The maximum atomic E-state index is 11.7. The van der Waals surface area contributed by atoms with E-state index in [0.29, 0.717) is 12.0 Å². The number of amides is 1. The Labute approximate surface area is 125 Å². The molecular weight excluding hydrogens is 268 g/mol. The maximum Gasteiger partial charge on any atom is 0.241 e. The lowest BCUT2D eigenvalue weighted by atomic mass is 10.2. The molecule has 2 N–H and O–H groups in total. The Kier molecular flexibility index (Phi) is 5.71. The molecule has 1 aromatic carbocycles. The van der Waals surface area contributed by atoms with E-state index in [4.69, 9.17) is 0 Å². The van der Waals surface area contributed by atoms with Gasteiger partial charge in [-0.25, -0.2) is 5.43 Å². The van der Waals surface area contributed by atoms with Crippen molar-refractivity contribution in [3.63, 3.8) is 0 Å². The van der Waals surface area contributed by atoms with Crippen LogP contribution in [0.15, 0.2) is 29.4 Å². The lowest BCUT2D eigenvalue weighted by molar-refractivity contribution is -0.121.